The van der Waals surface area contributed by atoms with Gasteiger partial charge in [0.05, 0.1) is 0 Å². The Morgan fingerprint density at radius 3 is 0.769 bits per heavy atom. The maximum Gasteiger partial charge on any atom is 2.00 e. The third-order valence-corrected chi connectivity index (χ3v) is 0.866. The first-order valence-corrected chi connectivity index (χ1v) is 4.28. The van der Waals surface area contributed by atoms with Crippen LogP contribution in [0, 0.1) is 10.8 Å². The largest absolute Gasteiger partial charge is 2.00 e. The molecule has 0 spiro atoms. The smallest absolute Gasteiger partial charge is 0.854 e. The van der Waals surface area contributed by atoms with E-state index in [1.54, 1.807) is 0 Å². The SMILES string of the molecule is CC(C)(C)C[O-].CC(C)(C)C[O-].[Mg+2]. The Balaban J connectivity index is -0.000000143. The van der Waals surface area contributed by atoms with Crippen molar-refractivity contribution in [3.05, 3.63) is 0 Å². The van der Waals surface area contributed by atoms with Gasteiger partial charge < -0.3 is 10.2 Å². The van der Waals surface area contributed by atoms with Gasteiger partial charge in [0.1, 0.15) is 0 Å². The molecule has 0 unspecified atom stereocenters. The van der Waals surface area contributed by atoms with Crippen molar-refractivity contribution in [1.82, 2.24) is 0 Å². The number of hydrogen-bond donors (Lipinski definition) is 0. The van der Waals surface area contributed by atoms with Crippen LogP contribution < -0.4 is 10.2 Å². The van der Waals surface area contributed by atoms with Crippen LogP contribution in [-0.4, -0.2) is 36.3 Å². The molecule has 0 aliphatic rings. The Morgan fingerprint density at radius 2 is 0.769 bits per heavy atom. The summed E-state index contributed by atoms with van der Waals surface area (Å²) in [5.74, 6) is 0. The average molecular weight is 199 g/mol. The fourth-order valence-electron chi connectivity index (χ4n) is 0. The molecule has 0 rings (SSSR count). The van der Waals surface area contributed by atoms with E-state index in [0.29, 0.717) is 0 Å². The molecule has 0 aliphatic heterocycles. The van der Waals surface area contributed by atoms with E-state index in [1.807, 2.05) is 41.5 Å². The van der Waals surface area contributed by atoms with Crippen LogP contribution in [0.3, 0.4) is 0 Å². The number of hydrogen-bond acceptors (Lipinski definition) is 2. The molecule has 0 aromatic carbocycles. The monoisotopic (exact) mass is 198 g/mol. The van der Waals surface area contributed by atoms with Gasteiger partial charge in [-0.05, 0) is 0 Å². The van der Waals surface area contributed by atoms with E-state index < -0.39 is 0 Å². The van der Waals surface area contributed by atoms with Crippen LogP contribution in [0.5, 0.6) is 0 Å². The fourth-order valence-corrected chi connectivity index (χ4v) is 0. The quantitative estimate of drug-likeness (QED) is 0.529. The molecule has 0 N–H and O–H groups in total. The van der Waals surface area contributed by atoms with Crippen molar-refractivity contribution in [3.8, 4) is 0 Å². The second-order valence-electron chi connectivity index (χ2n) is 5.41. The average Bonchev–Trinajstić information content (AvgIpc) is 1.86. The van der Waals surface area contributed by atoms with E-state index in [9.17, 15) is 10.2 Å². The number of rotatable bonds is 0. The molecule has 2 nitrogen and oxygen atoms in total. The van der Waals surface area contributed by atoms with Crippen molar-refractivity contribution in [3.63, 3.8) is 0 Å². The summed E-state index contributed by atoms with van der Waals surface area (Å²) in [6, 6.07) is 0. The summed E-state index contributed by atoms with van der Waals surface area (Å²) < 4.78 is 0. The first-order valence-electron chi connectivity index (χ1n) is 4.28. The van der Waals surface area contributed by atoms with E-state index in [1.165, 1.54) is 0 Å². The molecule has 13 heavy (non-hydrogen) atoms. The van der Waals surface area contributed by atoms with Crippen LogP contribution in [0.4, 0.5) is 0 Å². The second-order valence-corrected chi connectivity index (χ2v) is 5.41. The van der Waals surface area contributed by atoms with Crippen LogP contribution in [0.1, 0.15) is 41.5 Å². The van der Waals surface area contributed by atoms with Gasteiger partial charge in [-0.2, -0.15) is 0 Å². The van der Waals surface area contributed by atoms with Gasteiger partial charge in [-0.1, -0.05) is 52.4 Å². The third kappa shape index (κ3) is 32.4. The molecule has 0 fully saturated rings. The predicted molar refractivity (Wildman–Crippen MR) is 54.4 cm³/mol. The zero-order valence-electron chi connectivity index (χ0n) is 9.94. The van der Waals surface area contributed by atoms with Gasteiger partial charge in [0.25, 0.3) is 0 Å². The van der Waals surface area contributed by atoms with E-state index in [-0.39, 0.29) is 47.1 Å². The van der Waals surface area contributed by atoms with Crippen molar-refractivity contribution in [2.24, 2.45) is 10.8 Å². The normalized spacial score (nSPS) is 11.1. The second kappa shape index (κ2) is 8.03. The topological polar surface area (TPSA) is 46.1 Å². The van der Waals surface area contributed by atoms with Crippen LogP contribution >= 0.6 is 0 Å². The Labute approximate surface area is 98.9 Å². The van der Waals surface area contributed by atoms with Crippen LogP contribution in [0.25, 0.3) is 0 Å². The summed E-state index contributed by atoms with van der Waals surface area (Å²) >= 11 is 0. The Bertz CT molecular complexity index is 86.5. The Kier molecular flexibility index (Phi) is 11.9. The van der Waals surface area contributed by atoms with Crippen molar-refractivity contribution in [1.29, 1.82) is 0 Å². The molecule has 0 atom stereocenters. The van der Waals surface area contributed by atoms with Gasteiger partial charge in [-0.3, -0.25) is 0 Å². The van der Waals surface area contributed by atoms with E-state index >= 15 is 0 Å². The van der Waals surface area contributed by atoms with E-state index in [2.05, 4.69) is 0 Å². The standard InChI is InChI=1S/2C5H11O.Mg/c2*1-5(2,3)4-6;/h2*4H2,1-3H3;/q2*-1;+2. The minimum atomic E-state index is -0.0139. The van der Waals surface area contributed by atoms with Gasteiger partial charge >= 0.3 is 23.1 Å². The van der Waals surface area contributed by atoms with Gasteiger partial charge in [0, 0.05) is 0 Å². The third-order valence-electron chi connectivity index (χ3n) is 0.866. The summed E-state index contributed by atoms with van der Waals surface area (Å²) in [4.78, 5) is 0. The first-order chi connectivity index (χ1) is 5.12. The molecule has 0 bridgehead atoms. The molecule has 3 heteroatoms. The van der Waals surface area contributed by atoms with Gasteiger partial charge in [0.15, 0.2) is 0 Å². The first kappa shape index (κ1) is 19.3. The summed E-state index contributed by atoms with van der Waals surface area (Å²) in [5, 5.41) is 19.9. The van der Waals surface area contributed by atoms with Crippen LogP contribution in [-0.2, 0) is 0 Å². The minimum Gasteiger partial charge on any atom is -0.854 e. The molecule has 0 aliphatic carbocycles. The maximum absolute atomic E-state index is 9.95. The molecule has 76 valence electrons. The predicted octanol–water partition coefficient (Wildman–Crippen LogP) is 0.405. The molecule has 0 saturated carbocycles. The fraction of sp³-hybridized carbons (Fsp3) is 1.00. The molecule has 0 amide bonds. The molecular weight excluding hydrogens is 176 g/mol. The van der Waals surface area contributed by atoms with Gasteiger partial charge in [-0.15, -0.1) is 13.2 Å². The van der Waals surface area contributed by atoms with E-state index in [4.69, 9.17) is 0 Å². The Hall–Kier alpha value is 0.686. The molecule has 0 aromatic heterocycles. The van der Waals surface area contributed by atoms with Crippen molar-refractivity contribution < 1.29 is 10.2 Å². The van der Waals surface area contributed by atoms with Crippen LogP contribution in [0.2, 0.25) is 0 Å². The Morgan fingerprint density at radius 1 is 0.692 bits per heavy atom. The molecule has 0 saturated heterocycles. The molecule has 0 radical (unpaired) electrons. The van der Waals surface area contributed by atoms with Crippen LogP contribution in [0.15, 0.2) is 0 Å². The summed E-state index contributed by atoms with van der Waals surface area (Å²) in [7, 11) is 0. The van der Waals surface area contributed by atoms with Crippen molar-refractivity contribution >= 4 is 23.1 Å². The molecular formula is C10H22MgO2. The van der Waals surface area contributed by atoms with E-state index in [0.717, 1.165) is 0 Å². The zero-order chi connectivity index (χ0) is 10.4. The van der Waals surface area contributed by atoms with Crippen molar-refractivity contribution in [2.45, 2.75) is 41.5 Å². The molecule has 0 heterocycles. The van der Waals surface area contributed by atoms with Crippen molar-refractivity contribution in [2.75, 3.05) is 13.2 Å². The van der Waals surface area contributed by atoms with Gasteiger partial charge in [0.2, 0.25) is 0 Å². The molecule has 0 aromatic rings. The maximum atomic E-state index is 9.95. The van der Waals surface area contributed by atoms with Gasteiger partial charge in [-0.25, -0.2) is 0 Å². The minimum absolute atomic E-state index is 0. The summed E-state index contributed by atoms with van der Waals surface area (Å²) in [6.07, 6.45) is 0. The summed E-state index contributed by atoms with van der Waals surface area (Å²) in [6.45, 7) is 11.6. The summed E-state index contributed by atoms with van der Waals surface area (Å²) in [5.41, 5.74) is -0.0278. The zero-order valence-corrected chi connectivity index (χ0v) is 11.4.